The molecule has 2 heterocycles. The molecule has 0 saturated carbocycles. The molecule has 11 aromatic carbocycles. The summed E-state index contributed by atoms with van der Waals surface area (Å²) in [6.45, 7) is 0. The molecular weight excluding hydrogens is 821 g/mol. The van der Waals surface area contributed by atoms with Gasteiger partial charge < -0.3 is 9.13 Å². The van der Waals surface area contributed by atoms with Gasteiger partial charge in [-0.15, -0.1) is 0 Å². The molecule has 0 radical (unpaired) electrons. The number of rotatable bonds is 8. The summed E-state index contributed by atoms with van der Waals surface area (Å²) in [6.07, 6.45) is 0. The van der Waals surface area contributed by atoms with Crippen molar-refractivity contribution in [3.63, 3.8) is 0 Å². The summed E-state index contributed by atoms with van der Waals surface area (Å²) in [4.78, 5) is 0. The highest BCUT2D eigenvalue weighted by Gasteiger charge is 2.17. The fraction of sp³-hybridized carbons (Fsp3) is 0. The number of hydrogen-bond acceptors (Lipinski definition) is 0. The topological polar surface area (TPSA) is 9.86 Å². The van der Waals surface area contributed by atoms with Gasteiger partial charge in [0.25, 0.3) is 0 Å². The van der Waals surface area contributed by atoms with Gasteiger partial charge in [-0.25, -0.2) is 0 Å². The van der Waals surface area contributed by atoms with Crippen LogP contribution in [-0.4, -0.2) is 9.13 Å². The Hall–Kier alpha value is -8.98. The second-order valence-electron chi connectivity index (χ2n) is 17.7. The number of para-hydroxylation sites is 4. The maximum absolute atomic E-state index is 2.38. The van der Waals surface area contributed by atoms with Crippen molar-refractivity contribution in [2.24, 2.45) is 0 Å². The fourth-order valence-electron chi connectivity index (χ4n) is 10.5. The van der Waals surface area contributed by atoms with Crippen molar-refractivity contribution in [1.82, 2.24) is 9.13 Å². The molecule has 0 unspecified atom stereocenters. The summed E-state index contributed by atoms with van der Waals surface area (Å²) >= 11 is 0. The molecule has 2 aromatic heterocycles. The molecule has 2 heteroatoms. The van der Waals surface area contributed by atoms with Crippen LogP contribution in [0.15, 0.2) is 267 Å². The highest BCUT2D eigenvalue weighted by Crippen LogP contribution is 2.41. The Kier molecular flexibility index (Phi) is 9.54. The second-order valence-corrected chi connectivity index (χ2v) is 17.7. The van der Waals surface area contributed by atoms with Gasteiger partial charge in [-0.2, -0.15) is 0 Å². The van der Waals surface area contributed by atoms with E-state index < -0.39 is 0 Å². The SMILES string of the molecule is c1ccc(-c2cc(-c3cccc(-c4ccc(-c5ccc(-n6c7ccccc7c7ccccc76)cc5)c(-c5ccccc5)c4)c3)ccc2-c2ccc(-n3c4ccccc4c4ccccc43)cc2)cc1. The number of fused-ring (bicyclic) bond motifs is 6. The van der Waals surface area contributed by atoms with Gasteiger partial charge in [-0.1, -0.05) is 200 Å². The summed E-state index contributed by atoms with van der Waals surface area (Å²) in [7, 11) is 0. The lowest BCUT2D eigenvalue weighted by atomic mass is 9.89. The largest absolute Gasteiger partial charge is 0.309 e. The highest BCUT2D eigenvalue weighted by atomic mass is 15.0. The van der Waals surface area contributed by atoms with Crippen molar-refractivity contribution < 1.29 is 0 Å². The minimum absolute atomic E-state index is 1.15. The standard InChI is InChI=1S/C66H44N2/c1-3-16-45(17-4-1)61-43-51(34-40-55(61)47-30-36-53(37-31-47)67-63-26-11-7-22-57(63)58-23-8-12-27-64(58)67)49-20-15-21-50(42-49)52-35-41-56(62(44-52)46-18-5-2-6-19-46)48-32-38-54(39-33-48)68-65-28-13-9-24-59(65)60-25-10-14-29-66(60)68/h1-44H. The summed E-state index contributed by atoms with van der Waals surface area (Å²) in [6, 6.07) is 97.4. The monoisotopic (exact) mass is 864 g/mol. The van der Waals surface area contributed by atoms with Gasteiger partial charge >= 0.3 is 0 Å². The highest BCUT2D eigenvalue weighted by molar-refractivity contribution is 6.10. The van der Waals surface area contributed by atoms with E-state index in [1.807, 2.05) is 0 Å². The molecule has 318 valence electrons. The summed E-state index contributed by atoms with van der Waals surface area (Å²) in [5.41, 5.74) is 21.5. The van der Waals surface area contributed by atoms with Crippen LogP contribution in [0.3, 0.4) is 0 Å². The Morgan fingerprint density at radius 1 is 0.176 bits per heavy atom. The first kappa shape index (κ1) is 39.4. The Bertz CT molecular complexity index is 3620. The van der Waals surface area contributed by atoms with Crippen molar-refractivity contribution in [1.29, 1.82) is 0 Å². The zero-order valence-corrected chi connectivity index (χ0v) is 37.3. The molecular formula is C66H44N2. The first-order valence-corrected chi connectivity index (χ1v) is 23.4. The third-order valence-electron chi connectivity index (χ3n) is 13.8. The van der Waals surface area contributed by atoms with Crippen LogP contribution in [0.5, 0.6) is 0 Å². The maximum Gasteiger partial charge on any atom is 0.0541 e. The van der Waals surface area contributed by atoms with E-state index in [0.29, 0.717) is 0 Å². The predicted octanol–water partition coefficient (Wildman–Crippen LogP) is 17.9. The zero-order valence-electron chi connectivity index (χ0n) is 37.3. The second kappa shape index (κ2) is 16.5. The van der Waals surface area contributed by atoms with Crippen LogP contribution in [0.4, 0.5) is 0 Å². The van der Waals surface area contributed by atoms with Crippen molar-refractivity contribution >= 4 is 43.6 Å². The molecule has 0 bridgehead atoms. The van der Waals surface area contributed by atoms with E-state index in [0.717, 1.165) is 11.4 Å². The Balaban J connectivity index is 0.858. The fourth-order valence-corrected chi connectivity index (χ4v) is 10.5. The van der Waals surface area contributed by atoms with Gasteiger partial charge in [0.2, 0.25) is 0 Å². The lowest BCUT2D eigenvalue weighted by Crippen LogP contribution is -1.94. The molecule has 0 fully saturated rings. The average molecular weight is 865 g/mol. The van der Waals surface area contributed by atoms with E-state index in [4.69, 9.17) is 0 Å². The van der Waals surface area contributed by atoms with Gasteiger partial charge in [-0.3, -0.25) is 0 Å². The molecule has 0 aliphatic heterocycles. The van der Waals surface area contributed by atoms with E-state index >= 15 is 0 Å². The van der Waals surface area contributed by atoms with Gasteiger partial charge in [0.15, 0.2) is 0 Å². The Morgan fingerprint density at radius 2 is 0.456 bits per heavy atom. The van der Waals surface area contributed by atoms with Crippen LogP contribution in [0.2, 0.25) is 0 Å². The number of benzene rings is 11. The first-order chi connectivity index (χ1) is 33.7. The molecule has 13 aromatic rings. The molecule has 0 atom stereocenters. The van der Waals surface area contributed by atoms with Crippen molar-refractivity contribution in [2.45, 2.75) is 0 Å². The number of nitrogens with zero attached hydrogens (tertiary/aromatic N) is 2. The van der Waals surface area contributed by atoms with Crippen molar-refractivity contribution in [3.05, 3.63) is 267 Å². The molecule has 2 nitrogen and oxygen atoms in total. The van der Waals surface area contributed by atoms with Crippen LogP contribution < -0.4 is 0 Å². The Labute approximate surface area is 395 Å². The third-order valence-corrected chi connectivity index (χ3v) is 13.8. The lowest BCUT2D eigenvalue weighted by molar-refractivity contribution is 1.18. The quantitative estimate of drug-likeness (QED) is 0.144. The Morgan fingerprint density at radius 3 is 0.824 bits per heavy atom. The van der Waals surface area contributed by atoms with Crippen LogP contribution in [-0.2, 0) is 0 Å². The van der Waals surface area contributed by atoms with Crippen LogP contribution in [0.1, 0.15) is 0 Å². The normalized spacial score (nSPS) is 11.5. The van der Waals surface area contributed by atoms with Crippen LogP contribution in [0.25, 0.3) is 122 Å². The number of hydrogen-bond donors (Lipinski definition) is 0. The molecule has 68 heavy (non-hydrogen) atoms. The maximum atomic E-state index is 2.38. The minimum Gasteiger partial charge on any atom is -0.309 e. The molecule has 0 aliphatic rings. The molecule has 0 saturated heterocycles. The molecule has 0 aliphatic carbocycles. The van der Waals surface area contributed by atoms with E-state index in [9.17, 15) is 0 Å². The average Bonchev–Trinajstić information content (AvgIpc) is 3.94. The molecule has 0 spiro atoms. The van der Waals surface area contributed by atoms with E-state index in [-0.39, 0.29) is 0 Å². The van der Waals surface area contributed by atoms with Gasteiger partial charge in [0, 0.05) is 32.9 Å². The summed E-state index contributed by atoms with van der Waals surface area (Å²) in [5.74, 6) is 0. The van der Waals surface area contributed by atoms with Crippen LogP contribution >= 0.6 is 0 Å². The van der Waals surface area contributed by atoms with E-state index in [1.165, 1.54) is 110 Å². The van der Waals surface area contributed by atoms with Crippen molar-refractivity contribution in [3.8, 4) is 78.1 Å². The molecule has 0 amide bonds. The van der Waals surface area contributed by atoms with Gasteiger partial charge in [0.1, 0.15) is 0 Å². The number of aromatic nitrogens is 2. The molecule has 0 N–H and O–H groups in total. The van der Waals surface area contributed by atoms with Crippen LogP contribution in [0, 0.1) is 0 Å². The minimum atomic E-state index is 1.15. The zero-order chi connectivity index (χ0) is 45.0. The lowest BCUT2D eigenvalue weighted by Gasteiger charge is -2.16. The van der Waals surface area contributed by atoms with E-state index in [1.54, 1.807) is 0 Å². The first-order valence-electron chi connectivity index (χ1n) is 23.4. The summed E-state index contributed by atoms with van der Waals surface area (Å²) < 4.78 is 4.76. The van der Waals surface area contributed by atoms with E-state index in [2.05, 4.69) is 276 Å². The van der Waals surface area contributed by atoms with Gasteiger partial charge in [-0.05, 0) is 133 Å². The van der Waals surface area contributed by atoms with Crippen molar-refractivity contribution in [2.75, 3.05) is 0 Å². The smallest absolute Gasteiger partial charge is 0.0541 e. The van der Waals surface area contributed by atoms with Gasteiger partial charge in [0.05, 0.1) is 22.1 Å². The predicted molar refractivity (Wildman–Crippen MR) is 288 cm³/mol. The molecule has 13 rings (SSSR count). The third kappa shape index (κ3) is 6.73. The summed E-state index contributed by atoms with van der Waals surface area (Å²) in [5, 5.41) is 5.07.